The molecule has 1 aliphatic carbocycles. The predicted molar refractivity (Wildman–Crippen MR) is 84.5 cm³/mol. The zero-order chi connectivity index (χ0) is 17.5. The van der Waals surface area contributed by atoms with Gasteiger partial charge in [-0.1, -0.05) is 6.92 Å². The van der Waals surface area contributed by atoms with E-state index in [0.29, 0.717) is 18.7 Å². The lowest BCUT2D eigenvalue weighted by molar-refractivity contribution is -0.126. The molecule has 0 aromatic carbocycles. The van der Waals surface area contributed by atoms with Gasteiger partial charge in [0.1, 0.15) is 6.33 Å². The first-order chi connectivity index (χ1) is 11.5. The highest BCUT2D eigenvalue weighted by Gasteiger charge is 2.37. The molecule has 1 saturated carbocycles. The zero-order valence-electron chi connectivity index (χ0n) is 13.8. The van der Waals surface area contributed by atoms with Gasteiger partial charge in [-0.25, -0.2) is 0 Å². The summed E-state index contributed by atoms with van der Waals surface area (Å²) in [6.07, 6.45) is 2.50. The molecule has 0 bridgehead atoms. The molecular formula is C15H25N5O4. The van der Waals surface area contributed by atoms with Crippen LogP contribution in [0.5, 0.6) is 0 Å². The molecular weight excluding hydrogens is 314 g/mol. The molecule has 3 atom stereocenters. The molecule has 1 aliphatic rings. The van der Waals surface area contributed by atoms with Crippen LogP contribution in [-0.2, 0) is 22.7 Å². The lowest BCUT2D eigenvalue weighted by atomic mass is 10.1. The van der Waals surface area contributed by atoms with Crippen molar-refractivity contribution >= 4 is 11.8 Å². The summed E-state index contributed by atoms with van der Waals surface area (Å²) in [7, 11) is 0. The van der Waals surface area contributed by atoms with E-state index in [0.717, 1.165) is 13.0 Å². The lowest BCUT2D eigenvalue weighted by Crippen LogP contribution is -2.40. The summed E-state index contributed by atoms with van der Waals surface area (Å²) in [5, 5.41) is 32.1. The van der Waals surface area contributed by atoms with Gasteiger partial charge in [-0.3, -0.25) is 9.59 Å². The zero-order valence-corrected chi connectivity index (χ0v) is 13.8. The van der Waals surface area contributed by atoms with Crippen molar-refractivity contribution in [2.24, 2.45) is 5.92 Å². The first-order valence-electron chi connectivity index (χ1n) is 8.27. The van der Waals surface area contributed by atoms with Gasteiger partial charge in [0.25, 0.3) is 0 Å². The van der Waals surface area contributed by atoms with Crippen LogP contribution in [0.1, 0.15) is 38.4 Å². The third-order valence-electron chi connectivity index (χ3n) is 4.17. The van der Waals surface area contributed by atoms with Crippen LogP contribution in [0.15, 0.2) is 6.33 Å². The number of nitrogens with one attached hydrogen (secondary N) is 2. The van der Waals surface area contributed by atoms with Crippen molar-refractivity contribution in [3.63, 3.8) is 0 Å². The number of carbonyl (C=O) groups excluding carboxylic acids is 2. The minimum atomic E-state index is -0.757. The molecule has 1 fully saturated rings. The Bertz CT molecular complexity index is 562. The number of nitrogens with zero attached hydrogens (tertiary/aromatic N) is 3. The van der Waals surface area contributed by atoms with E-state index in [1.165, 1.54) is 0 Å². The smallest absolute Gasteiger partial charge is 0.223 e. The standard InChI is InChI=1S/C15H25N5O4/c1-2-4-20-9-17-19-13(20)8-16-15(24)10-6-11(12(22)7-10)18-14(23)3-5-21/h9-12,21-22H,2-8H2,1H3,(H,16,24)(H,18,23)/t10-,11-,12-/m0/s1. The second-order valence-corrected chi connectivity index (χ2v) is 6.04. The maximum Gasteiger partial charge on any atom is 0.223 e. The first kappa shape index (κ1) is 18.3. The fourth-order valence-electron chi connectivity index (χ4n) is 2.92. The molecule has 134 valence electrons. The number of aromatic nitrogens is 3. The second-order valence-electron chi connectivity index (χ2n) is 6.04. The molecule has 1 aromatic rings. The number of rotatable bonds is 8. The Labute approximate surface area is 140 Å². The Hall–Kier alpha value is -2.00. The topological polar surface area (TPSA) is 129 Å². The maximum atomic E-state index is 12.3. The highest BCUT2D eigenvalue weighted by atomic mass is 16.3. The molecule has 0 unspecified atom stereocenters. The van der Waals surface area contributed by atoms with Crippen molar-refractivity contribution in [2.75, 3.05) is 6.61 Å². The fraction of sp³-hybridized carbons (Fsp3) is 0.733. The summed E-state index contributed by atoms with van der Waals surface area (Å²) in [6.45, 7) is 2.89. The van der Waals surface area contributed by atoms with E-state index in [1.54, 1.807) is 6.33 Å². The minimum Gasteiger partial charge on any atom is -0.396 e. The number of aliphatic hydroxyl groups excluding tert-OH is 2. The monoisotopic (exact) mass is 339 g/mol. The summed E-state index contributed by atoms with van der Waals surface area (Å²) in [5.41, 5.74) is 0. The van der Waals surface area contributed by atoms with Crippen molar-refractivity contribution in [1.82, 2.24) is 25.4 Å². The van der Waals surface area contributed by atoms with E-state index in [-0.39, 0.29) is 37.3 Å². The quantitative estimate of drug-likeness (QED) is 0.478. The molecule has 0 spiro atoms. The molecule has 24 heavy (non-hydrogen) atoms. The van der Waals surface area contributed by atoms with Crippen molar-refractivity contribution in [3.8, 4) is 0 Å². The number of carbonyl (C=O) groups is 2. The normalized spacial score (nSPS) is 23.2. The van der Waals surface area contributed by atoms with Gasteiger partial charge in [0.15, 0.2) is 5.82 Å². The SMILES string of the molecule is CCCn1cnnc1CNC(=O)[C@H]1C[C@H](NC(=O)CCO)[C@@H](O)C1. The van der Waals surface area contributed by atoms with E-state index in [1.807, 2.05) is 11.5 Å². The van der Waals surface area contributed by atoms with Gasteiger partial charge in [0.2, 0.25) is 11.8 Å². The molecule has 0 radical (unpaired) electrons. The van der Waals surface area contributed by atoms with Crippen LogP contribution < -0.4 is 10.6 Å². The maximum absolute atomic E-state index is 12.3. The van der Waals surface area contributed by atoms with Crippen LogP contribution >= 0.6 is 0 Å². The van der Waals surface area contributed by atoms with Crippen LogP contribution in [0.25, 0.3) is 0 Å². The summed E-state index contributed by atoms with van der Waals surface area (Å²) in [5.74, 6) is -0.159. The number of hydrogen-bond acceptors (Lipinski definition) is 6. The molecule has 9 nitrogen and oxygen atoms in total. The van der Waals surface area contributed by atoms with E-state index < -0.39 is 12.1 Å². The Morgan fingerprint density at radius 3 is 2.92 bits per heavy atom. The van der Waals surface area contributed by atoms with Crippen LogP contribution in [0.2, 0.25) is 0 Å². The first-order valence-corrected chi connectivity index (χ1v) is 8.27. The van der Waals surface area contributed by atoms with Gasteiger partial charge in [-0.2, -0.15) is 0 Å². The average molecular weight is 339 g/mol. The Kier molecular flexibility index (Phi) is 6.68. The average Bonchev–Trinajstić information content (AvgIpc) is 3.13. The summed E-state index contributed by atoms with van der Waals surface area (Å²) < 4.78 is 1.89. The molecule has 4 N–H and O–H groups in total. The summed E-state index contributed by atoms with van der Waals surface area (Å²) in [6, 6.07) is -0.455. The number of aryl methyl sites for hydroxylation is 1. The van der Waals surface area contributed by atoms with E-state index in [4.69, 9.17) is 5.11 Å². The number of hydrogen-bond donors (Lipinski definition) is 4. The van der Waals surface area contributed by atoms with Crippen molar-refractivity contribution in [3.05, 3.63) is 12.2 Å². The molecule has 0 saturated heterocycles. The lowest BCUT2D eigenvalue weighted by Gasteiger charge is -2.15. The largest absolute Gasteiger partial charge is 0.396 e. The van der Waals surface area contributed by atoms with Crippen LogP contribution in [0, 0.1) is 5.92 Å². The Morgan fingerprint density at radius 2 is 2.21 bits per heavy atom. The second kappa shape index (κ2) is 8.74. The number of aliphatic hydroxyl groups is 2. The van der Waals surface area contributed by atoms with Gasteiger partial charge < -0.3 is 25.4 Å². The third-order valence-corrected chi connectivity index (χ3v) is 4.17. The van der Waals surface area contributed by atoms with Crippen LogP contribution in [-0.4, -0.2) is 55.5 Å². The van der Waals surface area contributed by atoms with E-state index in [9.17, 15) is 14.7 Å². The molecule has 1 aromatic heterocycles. The van der Waals surface area contributed by atoms with Gasteiger partial charge in [0, 0.05) is 18.9 Å². The van der Waals surface area contributed by atoms with Gasteiger partial charge >= 0.3 is 0 Å². The van der Waals surface area contributed by atoms with Gasteiger partial charge in [-0.15, -0.1) is 10.2 Å². The highest BCUT2D eigenvalue weighted by Crippen LogP contribution is 2.26. The fourth-order valence-corrected chi connectivity index (χ4v) is 2.92. The Balaban J connectivity index is 1.82. The minimum absolute atomic E-state index is 0.00678. The Morgan fingerprint density at radius 1 is 1.42 bits per heavy atom. The van der Waals surface area contributed by atoms with Crippen molar-refractivity contribution in [2.45, 2.75) is 57.8 Å². The van der Waals surface area contributed by atoms with Gasteiger partial charge in [-0.05, 0) is 19.3 Å². The van der Waals surface area contributed by atoms with E-state index in [2.05, 4.69) is 20.8 Å². The van der Waals surface area contributed by atoms with Crippen LogP contribution in [0.4, 0.5) is 0 Å². The molecule has 0 aliphatic heterocycles. The van der Waals surface area contributed by atoms with E-state index >= 15 is 0 Å². The number of amides is 2. The van der Waals surface area contributed by atoms with Crippen LogP contribution in [0.3, 0.4) is 0 Å². The third kappa shape index (κ3) is 4.75. The predicted octanol–water partition coefficient (Wildman–Crippen LogP) is -1.06. The van der Waals surface area contributed by atoms with Crippen molar-refractivity contribution < 1.29 is 19.8 Å². The summed E-state index contributed by atoms with van der Waals surface area (Å²) >= 11 is 0. The molecule has 2 amide bonds. The van der Waals surface area contributed by atoms with Crippen molar-refractivity contribution in [1.29, 1.82) is 0 Å². The summed E-state index contributed by atoms with van der Waals surface area (Å²) in [4.78, 5) is 23.8. The molecule has 9 heteroatoms. The molecule has 1 heterocycles. The highest BCUT2D eigenvalue weighted by molar-refractivity contribution is 5.80. The molecule has 2 rings (SSSR count). The van der Waals surface area contributed by atoms with Gasteiger partial charge in [0.05, 0.1) is 25.3 Å².